The van der Waals surface area contributed by atoms with Crippen molar-refractivity contribution in [2.75, 3.05) is 18.5 Å². The standard InChI is InChI=1S/C16H20N2OS/c1-2-13-6-7-14(20-13)11-17-10-12-4-3-5-15-16(12)19-9-8-18-15/h3-7,17-18H,2,8-11H2,1H3. The minimum Gasteiger partial charge on any atom is -0.489 e. The average Bonchev–Trinajstić information content (AvgIpc) is 2.95. The zero-order valence-corrected chi connectivity index (χ0v) is 12.6. The van der Waals surface area contributed by atoms with Gasteiger partial charge in [0.1, 0.15) is 12.4 Å². The van der Waals surface area contributed by atoms with Crippen LogP contribution in [0.1, 0.15) is 22.2 Å². The predicted molar refractivity (Wildman–Crippen MR) is 84.7 cm³/mol. The molecule has 0 radical (unpaired) electrons. The molecule has 0 amide bonds. The van der Waals surface area contributed by atoms with Crippen LogP contribution in [0.15, 0.2) is 30.3 Å². The number of anilines is 1. The van der Waals surface area contributed by atoms with Crippen molar-refractivity contribution in [3.8, 4) is 5.75 Å². The van der Waals surface area contributed by atoms with Crippen molar-refractivity contribution in [1.29, 1.82) is 0 Å². The highest BCUT2D eigenvalue weighted by Crippen LogP contribution is 2.31. The summed E-state index contributed by atoms with van der Waals surface area (Å²) in [7, 11) is 0. The summed E-state index contributed by atoms with van der Waals surface area (Å²) in [5.74, 6) is 1.01. The van der Waals surface area contributed by atoms with Gasteiger partial charge in [0.15, 0.2) is 0 Å². The van der Waals surface area contributed by atoms with Gasteiger partial charge in [0.2, 0.25) is 0 Å². The van der Waals surface area contributed by atoms with Crippen LogP contribution >= 0.6 is 11.3 Å². The normalized spacial score (nSPS) is 13.4. The first-order valence-corrected chi connectivity index (χ1v) is 7.95. The third kappa shape index (κ3) is 2.97. The van der Waals surface area contributed by atoms with Crippen molar-refractivity contribution in [3.63, 3.8) is 0 Å². The van der Waals surface area contributed by atoms with Crippen LogP contribution in [-0.2, 0) is 19.5 Å². The van der Waals surface area contributed by atoms with Crippen molar-refractivity contribution in [1.82, 2.24) is 5.32 Å². The summed E-state index contributed by atoms with van der Waals surface area (Å²) in [5.41, 5.74) is 2.34. The zero-order valence-electron chi connectivity index (χ0n) is 11.7. The molecule has 3 nitrogen and oxygen atoms in total. The molecule has 0 bridgehead atoms. The highest BCUT2D eigenvalue weighted by atomic mass is 32.1. The lowest BCUT2D eigenvalue weighted by molar-refractivity contribution is 0.319. The maximum atomic E-state index is 5.78. The molecule has 0 spiro atoms. The van der Waals surface area contributed by atoms with Crippen LogP contribution in [0.5, 0.6) is 5.75 Å². The molecule has 0 aliphatic carbocycles. The minimum atomic E-state index is 0.745. The first kappa shape index (κ1) is 13.5. The first-order chi connectivity index (χ1) is 9.86. The van der Waals surface area contributed by atoms with Crippen LogP contribution in [0.2, 0.25) is 0 Å². The highest BCUT2D eigenvalue weighted by Gasteiger charge is 2.13. The van der Waals surface area contributed by atoms with Crippen molar-refractivity contribution in [3.05, 3.63) is 45.6 Å². The summed E-state index contributed by atoms with van der Waals surface area (Å²) >= 11 is 1.89. The summed E-state index contributed by atoms with van der Waals surface area (Å²) in [6.45, 7) is 5.59. The van der Waals surface area contributed by atoms with Crippen LogP contribution in [0, 0.1) is 0 Å². The summed E-state index contributed by atoms with van der Waals surface area (Å²) in [5, 5.41) is 6.88. The Morgan fingerprint density at radius 3 is 2.95 bits per heavy atom. The van der Waals surface area contributed by atoms with Gasteiger partial charge in [-0.05, 0) is 24.6 Å². The molecule has 1 aromatic carbocycles. The lowest BCUT2D eigenvalue weighted by atomic mass is 10.1. The molecule has 2 heterocycles. The quantitative estimate of drug-likeness (QED) is 0.884. The van der Waals surface area contributed by atoms with E-state index in [2.05, 4.69) is 47.9 Å². The van der Waals surface area contributed by atoms with E-state index in [0.29, 0.717) is 0 Å². The van der Waals surface area contributed by atoms with Crippen LogP contribution in [0.4, 0.5) is 5.69 Å². The molecule has 1 aliphatic heterocycles. The molecule has 4 heteroatoms. The number of thiophene rings is 1. The number of fused-ring (bicyclic) bond motifs is 1. The minimum absolute atomic E-state index is 0.745. The number of rotatable bonds is 5. The fraction of sp³-hybridized carbons (Fsp3) is 0.375. The number of hydrogen-bond donors (Lipinski definition) is 2. The van der Waals surface area contributed by atoms with Crippen molar-refractivity contribution < 1.29 is 4.74 Å². The van der Waals surface area contributed by atoms with Crippen LogP contribution < -0.4 is 15.4 Å². The molecule has 0 atom stereocenters. The van der Waals surface area contributed by atoms with Gasteiger partial charge in [-0.15, -0.1) is 11.3 Å². The Labute approximate surface area is 124 Å². The largest absolute Gasteiger partial charge is 0.489 e. The molecular weight excluding hydrogens is 268 g/mol. The smallest absolute Gasteiger partial charge is 0.146 e. The Bertz CT molecular complexity index is 580. The van der Waals surface area contributed by atoms with E-state index in [4.69, 9.17) is 4.74 Å². The number of benzene rings is 1. The first-order valence-electron chi connectivity index (χ1n) is 7.13. The molecule has 0 saturated carbocycles. The fourth-order valence-corrected chi connectivity index (χ4v) is 3.33. The van der Waals surface area contributed by atoms with E-state index in [-0.39, 0.29) is 0 Å². The molecule has 0 saturated heterocycles. The Morgan fingerprint density at radius 1 is 1.20 bits per heavy atom. The third-order valence-corrected chi connectivity index (χ3v) is 4.67. The topological polar surface area (TPSA) is 33.3 Å². The molecule has 0 fully saturated rings. The molecule has 106 valence electrons. The summed E-state index contributed by atoms with van der Waals surface area (Å²) in [6.07, 6.45) is 1.12. The van der Waals surface area contributed by atoms with E-state index in [0.717, 1.165) is 44.1 Å². The van der Waals surface area contributed by atoms with Gasteiger partial charge in [0, 0.05) is 35.0 Å². The molecule has 0 unspecified atom stereocenters. The van der Waals surface area contributed by atoms with E-state index in [1.807, 2.05) is 11.3 Å². The van der Waals surface area contributed by atoms with Gasteiger partial charge in [-0.25, -0.2) is 0 Å². The van der Waals surface area contributed by atoms with E-state index in [1.165, 1.54) is 15.3 Å². The van der Waals surface area contributed by atoms with E-state index >= 15 is 0 Å². The van der Waals surface area contributed by atoms with E-state index in [9.17, 15) is 0 Å². The van der Waals surface area contributed by atoms with Crippen molar-refractivity contribution in [2.24, 2.45) is 0 Å². The Morgan fingerprint density at radius 2 is 2.10 bits per heavy atom. The second-order valence-electron chi connectivity index (χ2n) is 4.89. The van der Waals surface area contributed by atoms with E-state index < -0.39 is 0 Å². The van der Waals surface area contributed by atoms with Crippen LogP contribution in [-0.4, -0.2) is 13.2 Å². The monoisotopic (exact) mass is 288 g/mol. The van der Waals surface area contributed by atoms with Gasteiger partial charge in [-0.3, -0.25) is 0 Å². The maximum absolute atomic E-state index is 5.78. The SMILES string of the molecule is CCc1ccc(CNCc2cccc3c2OCCN3)s1. The lowest BCUT2D eigenvalue weighted by Crippen LogP contribution is -2.20. The molecule has 3 rings (SSSR count). The fourth-order valence-electron chi connectivity index (χ4n) is 2.40. The number of aryl methyl sites for hydroxylation is 1. The van der Waals surface area contributed by atoms with Gasteiger partial charge < -0.3 is 15.4 Å². The van der Waals surface area contributed by atoms with E-state index in [1.54, 1.807) is 0 Å². The second kappa shape index (κ2) is 6.29. The summed E-state index contributed by atoms with van der Waals surface area (Å²) in [6, 6.07) is 10.7. The molecule has 1 aliphatic rings. The van der Waals surface area contributed by atoms with Crippen molar-refractivity contribution >= 4 is 17.0 Å². The van der Waals surface area contributed by atoms with Crippen LogP contribution in [0.25, 0.3) is 0 Å². The van der Waals surface area contributed by atoms with Gasteiger partial charge in [-0.2, -0.15) is 0 Å². The zero-order chi connectivity index (χ0) is 13.8. The molecular formula is C16H20N2OS. The number of ether oxygens (including phenoxy) is 1. The van der Waals surface area contributed by atoms with Gasteiger partial charge in [0.25, 0.3) is 0 Å². The summed E-state index contributed by atoms with van der Waals surface area (Å²) in [4.78, 5) is 2.84. The predicted octanol–water partition coefficient (Wildman–Crippen LogP) is 3.40. The van der Waals surface area contributed by atoms with Gasteiger partial charge in [0.05, 0.1) is 5.69 Å². The lowest BCUT2D eigenvalue weighted by Gasteiger charge is -2.21. The second-order valence-corrected chi connectivity index (χ2v) is 6.15. The Kier molecular flexibility index (Phi) is 4.23. The Hall–Kier alpha value is -1.52. The maximum Gasteiger partial charge on any atom is 0.146 e. The van der Waals surface area contributed by atoms with Crippen LogP contribution in [0.3, 0.4) is 0 Å². The molecule has 2 aromatic rings. The molecule has 20 heavy (non-hydrogen) atoms. The Balaban J connectivity index is 1.61. The highest BCUT2D eigenvalue weighted by molar-refractivity contribution is 7.11. The number of para-hydroxylation sites is 1. The number of nitrogens with one attached hydrogen (secondary N) is 2. The third-order valence-electron chi connectivity index (χ3n) is 3.44. The average molecular weight is 288 g/mol. The molecule has 1 aromatic heterocycles. The van der Waals surface area contributed by atoms with Gasteiger partial charge >= 0.3 is 0 Å². The number of hydrogen-bond acceptors (Lipinski definition) is 4. The molecule has 2 N–H and O–H groups in total. The van der Waals surface area contributed by atoms with Crippen molar-refractivity contribution in [2.45, 2.75) is 26.4 Å². The summed E-state index contributed by atoms with van der Waals surface area (Å²) < 4.78 is 5.78. The van der Waals surface area contributed by atoms with Gasteiger partial charge in [-0.1, -0.05) is 19.1 Å².